The Kier molecular flexibility index (Phi) is 7.00. The van der Waals surface area contributed by atoms with Crippen LogP contribution < -0.4 is 5.32 Å². The van der Waals surface area contributed by atoms with Crippen LogP contribution in [0, 0.1) is 6.92 Å². The minimum Gasteiger partial charge on any atom is -0.459 e. The van der Waals surface area contributed by atoms with Crippen LogP contribution in [0.3, 0.4) is 0 Å². The number of anilines is 1. The van der Waals surface area contributed by atoms with Crippen molar-refractivity contribution < 1.29 is 14.3 Å². The molecule has 0 aliphatic rings. The molecule has 4 nitrogen and oxygen atoms in total. The highest BCUT2D eigenvalue weighted by molar-refractivity contribution is 7.16. The van der Waals surface area contributed by atoms with Crippen molar-refractivity contribution in [2.75, 3.05) is 5.32 Å². The van der Waals surface area contributed by atoms with Crippen LogP contribution >= 0.6 is 22.9 Å². The molecule has 0 saturated carbocycles. The van der Waals surface area contributed by atoms with Gasteiger partial charge in [0.25, 0.3) is 0 Å². The molecule has 1 aromatic carbocycles. The summed E-state index contributed by atoms with van der Waals surface area (Å²) in [7, 11) is 0. The zero-order valence-corrected chi connectivity index (χ0v) is 16.8. The molecule has 0 unspecified atom stereocenters. The molecular weight excluding hydrogens is 370 g/mol. The van der Waals surface area contributed by atoms with E-state index in [2.05, 4.69) is 5.32 Å². The van der Waals surface area contributed by atoms with Crippen LogP contribution in [0.2, 0.25) is 5.02 Å². The minimum atomic E-state index is -0.407. The first-order valence-corrected chi connectivity index (χ1v) is 9.59. The van der Waals surface area contributed by atoms with Crippen LogP contribution in [-0.2, 0) is 16.0 Å². The third-order valence-corrected chi connectivity index (χ3v) is 4.92. The maximum absolute atomic E-state index is 12.5. The van der Waals surface area contributed by atoms with Crippen LogP contribution in [0.1, 0.15) is 47.1 Å². The van der Waals surface area contributed by atoms with Crippen molar-refractivity contribution in [3.8, 4) is 0 Å². The van der Waals surface area contributed by atoms with E-state index in [-0.39, 0.29) is 12.0 Å². The summed E-state index contributed by atoms with van der Waals surface area (Å²) in [5, 5.41) is 3.93. The van der Waals surface area contributed by atoms with E-state index in [4.69, 9.17) is 16.3 Å². The topological polar surface area (TPSA) is 55.4 Å². The first-order chi connectivity index (χ1) is 12.3. The van der Waals surface area contributed by atoms with E-state index in [0.717, 1.165) is 16.0 Å². The van der Waals surface area contributed by atoms with E-state index in [1.165, 1.54) is 17.4 Å². The van der Waals surface area contributed by atoms with Crippen molar-refractivity contribution in [2.24, 2.45) is 0 Å². The zero-order valence-electron chi connectivity index (χ0n) is 15.3. The molecule has 0 aliphatic heterocycles. The first kappa shape index (κ1) is 20.2. The van der Waals surface area contributed by atoms with Crippen molar-refractivity contribution in [3.63, 3.8) is 0 Å². The van der Waals surface area contributed by atoms with E-state index in [1.807, 2.05) is 26.0 Å². The maximum atomic E-state index is 12.5. The van der Waals surface area contributed by atoms with Gasteiger partial charge in [-0.05, 0) is 56.5 Å². The van der Waals surface area contributed by atoms with E-state index < -0.39 is 5.97 Å². The second-order valence-electron chi connectivity index (χ2n) is 6.03. The van der Waals surface area contributed by atoms with Gasteiger partial charge >= 0.3 is 5.97 Å². The Balaban J connectivity index is 2.22. The summed E-state index contributed by atoms with van der Waals surface area (Å²) < 4.78 is 5.34. The normalized spacial score (nSPS) is 11.2. The molecule has 26 heavy (non-hydrogen) atoms. The van der Waals surface area contributed by atoms with Gasteiger partial charge in [-0.25, -0.2) is 4.79 Å². The van der Waals surface area contributed by atoms with E-state index in [1.54, 1.807) is 32.1 Å². The van der Waals surface area contributed by atoms with Gasteiger partial charge in [-0.15, -0.1) is 11.3 Å². The monoisotopic (exact) mass is 391 g/mol. The second kappa shape index (κ2) is 9.01. The fourth-order valence-electron chi connectivity index (χ4n) is 2.52. The minimum absolute atomic E-state index is 0.223. The third-order valence-electron chi connectivity index (χ3n) is 3.62. The van der Waals surface area contributed by atoms with Crippen molar-refractivity contribution >= 4 is 45.9 Å². The fraction of sp³-hybridized carbons (Fsp3) is 0.300. The second-order valence-corrected chi connectivity index (χ2v) is 7.69. The summed E-state index contributed by atoms with van der Waals surface area (Å²) in [6.45, 7) is 7.52. The molecule has 1 N–H and O–H groups in total. The number of hydrogen-bond donors (Lipinski definition) is 1. The Morgan fingerprint density at radius 1 is 1.35 bits per heavy atom. The molecule has 2 rings (SSSR count). The summed E-state index contributed by atoms with van der Waals surface area (Å²) in [5.74, 6) is -0.720. The number of carbonyl (C=O) groups excluding carboxylic acids is 2. The highest BCUT2D eigenvalue weighted by Gasteiger charge is 2.23. The number of amides is 1. The average molecular weight is 392 g/mol. The molecule has 0 saturated heterocycles. The summed E-state index contributed by atoms with van der Waals surface area (Å²) >= 11 is 7.32. The number of hydrogen-bond acceptors (Lipinski definition) is 4. The molecule has 0 spiro atoms. The Morgan fingerprint density at radius 2 is 2.08 bits per heavy atom. The van der Waals surface area contributed by atoms with Gasteiger partial charge in [-0.2, -0.15) is 0 Å². The lowest BCUT2D eigenvalue weighted by Crippen LogP contribution is -2.16. The number of ether oxygens (including phenoxy) is 1. The highest BCUT2D eigenvalue weighted by Crippen LogP contribution is 2.34. The number of nitrogens with one attached hydrogen (secondary N) is 1. The van der Waals surface area contributed by atoms with Crippen molar-refractivity contribution in [2.45, 2.75) is 40.2 Å². The lowest BCUT2D eigenvalue weighted by molar-refractivity contribution is -0.111. The van der Waals surface area contributed by atoms with Gasteiger partial charge in [-0.3, -0.25) is 4.79 Å². The summed E-state index contributed by atoms with van der Waals surface area (Å²) in [5.41, 5.74) is 2.19. The lowest BCUT2D eigenvalue weighted by atomic mass is 10.1. The van der Waals surface area contributed by atoms with Gasteiger partial charge in [0.1, 0.15) is 5.00 Å². The standard InChI is InChI=1S/C20H22ClNO3S/c1-5-16-13(4)26-19(18(16)20(24)25-12(2)3)22-17(23)10-9-14-7-6-8-15(21)11-14/h6-12H,5H2,1-4H3,(H,22,23). The smallest absolute Gasteiger partial charge is 0.341 e. The zero-order chi connectivity index (χ0) is 19.3. The molecule has 2 aromatic rings. The SMILES string of the molecule is CCc1c(C)sc(NC(=O)C=Cc2cccc(Cl)c2)c1C(=O)OC(C)C. The number of aryl methyl sites for hydroxylation is 1. The van der Waals surface area contributed by atoms with Crippen molar-refractivity contribution in [1.82, 2.24) is 0 Å². The van der Waals surface area contributed by atoms with Gasteiger partial charge in [0.15, 0.2) is 0 Å². The van der Waals surface area contributed by atoms with Crippen LogP contribution in [0.15, 0.2) is 30.3 Å². The average Bonchev–Trinajstić information content (AvgIpc) is 2.87. The fourth-order valence-corrected chi connectivity index (χ4v) is 3.85. The van der Waals surface area contributed by atoms with Crippen LogP contribution in [-0.4, -0.2) is 18.0 Å². The molecule has 0 aliphatic carbocycles. The molecule has 0 radical (unpaired) electrons. The molecule has 6 heteroatoms. The quantitative estimate of drug-likeness (QED) is 0.523. The molecule has 1 amide bonds. The highest BCUT2D eigenvalue weighted by atomic mass is 35.5. The van der Waals surface area contributed by atoms with Gasteiger partial charge in [-0.1, -0.05) is 30.7 Å². The Hall–Kier alpha value is -2.11. The molecular formula is C20H22ClNO3S. The predicted molar refractivity (Wildman–Crippen MR) is 108 cm³/mol. The number of thiophene rings is 1. The molecule has 0 bridgehead atoms. The Morgan fingerprint density at radius 3 is 2.69 bits per heavy atom. The van der Waals surface area contributed by atoms with Crippen LogP contribution in [0.25, 0.3) is 6.08 Å². The molecule has 138 valence electrons. The van der Waals surface area contributed by atoms with Gasteiger partial charge in [0, 0.05) is 16.0 Å². The number of benzene rings is 1. The third kappa shape index (κ3) is 5.19. The molecule has 1 aromatic heterocycles. The Labute approximate surface area is 162 Å². The van der Waals surface area contributed by atoms with E-state index >= 15 is 0 Å². The molecule has 1 heterocycles. The largest absolute Gasteiger partial charge is 0.459 e. The van der Waals surface area contributed by atoms with Gasteiger partial charge in [0.2, 0.25) is 5.91 Å². The lowest BCUT2D eigenvalue weighted by Gasteiger charge is -2.10. The number of carbonyl (C=O) groups is 2. The van der Waals surface area contributed by atoms with Crippen LogP contribution in [0.4, 0.5) is 5.00 Å². The van der Waals surface area contributed by atoms with Gasteiger partial charge in [0.05, 0.1) is 11.7 Å². The summed E-state index contributed by atoms with van der Waals surface area (Å²) in [6, 6.07) is 7.20. The number of halogens is 1. The summed E-state index contributed by atoms with van der Waals surface area (Å²) in [4.78, 5) is 25.8. The first-order valence-electron chi connectivity index (χ1n) is 8.39. The maximum Gasteiger partial charge on any atom is 0.341 e. The molecule has 0 fully saturated rings. The number of esters is 1. The number of rotatable bonds is 6. The van der Waals surface area contributed by atoms with E-state index in [0.29, 0.717) is 22.0 Å². The predicted octanol–water partition coefficient (Wildman–Crippen LogP) is 5.49. The van der Waals surface area contributed by atoms with Crippen molar-refractivity contribution in [1.29, 1.82) is 0 Å². The van der Waals surface area contributed by atoms with Gasteiger partial charge < -0.3 is 10.1 Å². The summed E-state index contributed by atoms with van der Waals surface area (Å²) in [6.07, 6.45) is 3.57. The Bertz CT molecular complexity index is 840. The molecule has 0 atom stereocenters. The van der Waals surface area contributed by atoms with Crippen molar-refractivity contribution in [3.05, 3.63) is 56.9 Å². The van der Waals surface area contributed by atoms with E-state index in [9.17, 15) is 9.59 Å². The van der Waals surface area contributed by atoms with Crippen LogP contribution in [0.5, 0.6) is 0 Å².